The molecule has 7 nitrogen and oxygen atoms in total. The van der Waals surface area contributed by atoms with E-state index in [4.69, 9.17) is 0 Å². The first kappa shape index (κ1) is 25.5. The van der Waals surface area contributed by atoms with Gasteiger partial charge in [0.2, 0.25) is 0 Å². The molecule has 2 aliphatic heterocycles. The predicted molar refractivity (Wildman–Crippen MR) is 148 cm³/mol. The van der Waals surface area contributed by atoms with E-state index in [1.54, 1.807) is 0 Å². The molecule has 5 rings (SSSR count). The molecule has 1 aromatic heterocycles. The Hall–Kier alpha value is -4.12. The van der Waals surface area contributed by atoms with Gasteiger partial charge in [0.15, 0.2) is 0 Å². The van der Waals surface area contributed by atoms with Crippen LogP contribution in [-0.4, -0.2) is 61.1 Å². The van der Waals surface area contributed by atoms with Gasteiger partial charge >= 0.3 is 0 Å². The smallest absolute Gasteiger partial charge is 0.254 e. The van der Waals surface area contributed by atoms with Crippen molar-refractivity contribution in [1.82, 2.24) is 9.88 Å². The number of aryl methyl sites for hydroxylation is 2. The Morgan fingerprint density at radius 3 is 2.42 bits per heavy atom. The minimum absolute atomic E-state index is 0.0281. The number of hydrogen-bond acceptors (Lipinski definition) is 6. The van der Waals surface area contributed by atoms with Crippen molar-refractivity contribution in [2.45, 2.75) is 32.7 Å². The van der Waals surface area contributed by atoms with Gasteiger partial charge in [0, 0.05) is 68.8 Å². The average Bonchev–Trinajstić information content (AvgIpc) is 2.94. The molecule has 3 aromatic rings. The molecule has 0 radical (unpaired) electrons. The van der Waals surface area contributed by atoms with Crippen molar-refractivity contribution in [2.75, 3.05) is 54.4 Å². The Bertz CT molecular complexity index is 1350. The number of halogens is 1. The molecule has 2 fully saturated rings. The van der Waals surface area contributed by atoms with Gasteiger partial charge in [-0.1, -0.05) is 18.2 Å². The van der Waals surface area contributed by atoms with E-state index in [1.165, 1.54) is 18.3 Å². The molecule has 0 saturated carbocycles. The van der Waals surface area contributed by atoms with Crippen LogP contribution in [0.3, 0.4) is 0 Å². The van der Waals surface area contributed by atoms with Crippen molar-refractivity contribution in [3.8, 4) is 6.07 Å². The van der Waals surface area contributed by atoms with Crippen molar-refractivity contribution in [3.05, 3.63) is 82.8 Å². The van der Waals surface area contributed by atoms with Crippen molar-refractivity contribution >= 4 is 23.1 Å². The minimum Gasteiger partial charge on any atom is -0.382 e. The van der Waals surface area contributed by atoms with E-state index >= 15 is 0 Å². The number of hydrogen-bond donors (Lipinski definition) is 1. The van der Waals surface area contributed by atoms with Crippen LogP contribution in [0, 0.1) is 31.0 Å². The van der Waals surface area contributed by atoms with E-state index in [0.717, 1.165) is 54.0 Å². The standard InChI is InChI=1S/C30H33FN6O/c1-21-17-22(2)27(34-25-8-11-35(12-9-25)28-6-4-3-5-23(28)20-32)19-26(21)30(38)37-15-13-36(14-16-37)29-18-24(31)7-10-33-29/h3-7,10,17-19,25,34H,8-9,11-16H2,1-2H3. The zero-order chi connectivity index (χ0) is 26.6. The van der Waals surface area contributed by atoms with Crippen molar-refractivity contribution in [1.29, 1.82) is 5.26 Å². The van der Waals surface area contributed by atoms with Gasteiger partial charge in [0.25, 0.3) is 5.91 Å². The Morgan fingerprint density at radius 1 is 0.974 bits per heavy atom. The molecule has 0 bridgehead atoms. The quantitative estimate of drug-likeness (QED) is 0.532. The highest BCUT2D eigenvalue weighted by Crippen LogP contribution is 2.28. The predicted octanol–water partition coefficient (Wildman–Crippen LogP) is 4.75. The highest BCUT2D eigenvalue weighted by Gasteiger charge is 2.26. The summed E-state index contributed by atoms with van der Waals surface area (Å²) in [6, 6.07) is 17.2. The van der Waals surface area contributed by atoms with Gasteiger partial charge in [0.05, 0.1) is 11.3 Å². The number of nitrogens with zero attached hydrogens (tertiary/aromatic N) is 5. The number of aromatic nitrogens is 1. The van der Waals surface area contributed by atoms with Gasteiger partial charge in [-0.2, -0.15) is 5.26 Å². The monoisotopic (exact) mass is 512 g/mol. The second-order valence-corrected chi connectivity index (χ2v) is 10.1. The molecule has 2 aliphatic rings. The first-order valence-electron chi connectivity index (χ1n) is 13.2. The summed E-state index contributed by atoms with van der Waals surface area (Å²) < 4.78 is 13.6. The summed E-state index contributed by atoms with van der Waals surface area (Å²) in [5, 5.41) is 13.1. The molecule has 1 N–H and O–H groups in total. The Kier molecular flexibility index (Phi) is 7.45. The van der Waals surface area contributed by atoms with Crippen molar-refractivity contribution in [3.63, 3.8) is 0 Å². The van der Waals surface area contributed by atoms with Gasteiger partial charge in [-0.25, -0.2) is 9.37 Å². The number of piperidine rings is 1. The fourth-order valence-corrected chi connectivity index (χ4v) is 5.44. The Morgan fingerprint density at radius 2 is 1.71 bits per heavy atom. The molecule has 8 heteroatoms. The number of para-hydroxylation sites is 1. The normalized spacial score (nSPS) is 16.3. The number of rotatable bonds is 5. The number of carbonyl (C=O) groups is 1. The van der Waals surface area contributed by atoms with E-state index in [-0.39, 0.29) is 11.7 Å². The maximum atomic E-state index is 13.6. The molecule has 196 valence electrons. The third kappa shape index (κ3) is 5.42. The lowest BCUT2D eigenvalue weighted by Crippen LogP contribution is -2.49. The molecule has 38 heavy (non-hydrogen) atoms. The van der Waals surface area contributed by atoms with Crippen LogP contribution in [0.2, 0.25) is 0 Å². The molecule has 2 saturated heterocycles. The van der Waals surface area contributed by atoms with Gasteiger partial charge in [0.1, 0.15) is 17.7 Å². The van der Waals surface area contributed by atoms with Crippen LogP contribution >= 0.6 is 0 Å². The lowest BCUT2D eigenvalue weighted by atomic mass is 9.99. The summed E-state index contributed by atoms with van der Waals surface area (Å²) in [5.41, 5.74) is 5.52. The summed E-state index contributed by atoms with van der Waals surface area (Å²) in [4.78, 5) is 24.0. The summed E-state index contributed by atoms with van der Waals surface area (Å²) in [7, 11) is 0. The maximum absolute atomic E-state index is 13.6. The number of anilines is 3. The SMILES string of the molecule is Cc1cc(C)c(C(=O)N2CCN(c3cc(F)ccn3)CC2)cc1NC1CCN(c2ccccc2C#N)CC1. The van der Waals surface area contributed by atoms with E-state index in [2.05, 4.69) is 34.3 Å². The van der Waals surface area contributed by atoms with Crippen LogP contribution in [0.5, 0.6) is 0 Å². The molecule has 0 atom stereocenters. The molecule has 0 spiro atoms. The molecule has 2 aromatic carbocycles. The summed E-state index contributed by atoms with van der Waals surface area (Å²) in [6.45, 7) is 8.17. The Balaban J connectivity index is 1.22. The minimum atomic E-state index is -0.304. The largest absolute Gasteiger partial charge is 0.382 e. The average molecular weight is 513 g/mol. The van der Waals surface area contributed by atoms with Crippen molar-refractivity contribution in [2.24, 2.45) is 0 Å². The van der Waals surface area contributed by atoms with Gasteiger partial charge in [-0.3, -0.25) is 4.79 Å². The van der Waals surface area contributed by atoms with Gasteiger partial charge in [-0.15, -0.1) is 0 Å². The van der Waals surface area contributed by atoms with E-state index in [0.29, 0.717) is 43.6 Å². The second kappa shape index (κ2) is 11.1. The fourth-order valence-electron chi connectivity index (χ4n) is 5.44. The van der Waals surface area contributed by atoms with Crippen LogP contribution in [0.15, 0.2) is 54.7 Å². The van der Waals surface area contributed by atoms with Gasteiger partial charge in [-0.05, 0) is 62.1 Å². The highest BCUT2D eigenvalue weighted by molar-refractivity contribution is 5.97. The molecular formula is C30H33FN6O. The van der Waals surface area contributed by atoms with E-state index in [1.807, 2.05) is 47.1 Å². The second-order valence-electron chi connectivity index (χ2n) is 10.1. The van der Waals surface area contributed by atoms with Crippen LogP contribution < -0.4 is 15.1 Å². The van der Waals surface area contributed by atoms with Crippen LogP contribution in [0.25, 0.3) is 0 Å². The van der Waals surface area contributed by atoms with Crippen LogP contribution in [0.1, 0.15) is 39.9 Å². The number of benzene rings is 2. The first-order chi connectivity index (χ1) is 18.4. The summed E-state index contributed by atoms with van der Waals surface area (Å²) in [5.74, 6) is 0.332. The number of amides is 1. The van der Waals surface area contributed by atoms with Gasteiger partial charge < -0.3 is 20.0 Å². The molecule has 3 heterocycles. The third-order valence-electron chi connectivity index (χ3n) is 7.62. The lowest BCUT2D eigenvalue weighted by Gasteiger charge is -2.36. The highest BCUT2D eigenvalue weighted by atomic mass is 19.1. The van der Waals surface area contributed by atoms with E-state index in [9.17, 15) is 14.4 Å². The third-order valence-corrected chi connectivity index (χ3v) is 7.62. The summed E-state index contributed by atoms with van der Waals surface area (Å²) >= 11 is 0. The first-order valence-corrected chi connectivity index (χ1v) is 13.2. The number of nitriles is 1. The summed E-state index contributed by atoms with van der Waals surface area (Å²) in [6.07, 6.45) is 3.38. The Labute approximate surface area is 223 Å². The number of pyridine rings is 1. The topological polar surface area (TPSA) is 75.5 Å². The zero-order valence-corrected chi connectivity index (χ0v) is 22.0. The molecule has 0 aliphatic carbocycles. The van der Waals surface area contributed by atoms with Crippen LogP contribution in [0.4, 0.5) is 21.6 Å². The lowest BCUT2D eigenvalue weighted by molar-refractivity contribution is 0.0746. The maximum Gasteiger partial charge on any atom is 0.254 e. The van der Waals surface area contributed by atoms with Crippen LogP contribution in [-0.2, 0) is 0 Å². The molecular weight excluding hydrogens is 479 g/mol. The fraction of sp³-hybridized carbons (Fsp3) is 0.367. The van der Waals surface area contributed by atoms with Crippen molar-refractivity contribution < 1.29 is 9.18 Å². The zero-order valence-electron chi connectivity index (χ0n) is 22.0. The van der Waals surface area contributed by atoms with E-state index < -0.39 is 0 Å². The number of piperazine rings is 1. The molecule has 0 unspecified atom stereocenters. The molecule has 1 amide bonds. The number of carbonyl (C=O) groups excluding carboxylic acids is 1. The number of nitrogens with one attached hydrogen (secondary N) is 1.